The number of fused-ring (bicyclic) bond motifs is 1. The SMILES string of the molecule is CCN(C(=O)c1ccc(N2CCOCC2)cc1)c1cccc2ccccc12. The fraction of sp³-hybridized carbons (Fsp3) is 0.261. The summed E-state index contributed by atoms with van der Waals surface area (Å²) in [5.41, 5.74) is 2.81. The molecule has 4 heteroatoms. The van der Waals surface area contributed by atoms with E-state index in [0.29, 0.717) is 12.1 Å². The Morgan fingerprint density at radius 3 is 2.41 bits per heavy atom. The lowest BCUT2D eigenvalue weighted by Crippen LogP contribution is -2.36. The van der Waals surface area contributed by atoms with Gasteiger partial charge in [0, 0.05) is 36.3 Å². The van der Waals surface area contributed by atoms with Gasteiger partial charge >= 0.3 is 0 Å². The van der Waals surface area contributed by atoms with E-state index in [2.05, 4.69) is 23.1 Å². The molecule has 27 heavy (non-hydrogen) atoms. The third-order valence-corrected chi connectivity index (χ3v) is 5.11. The van der Waals surface area contributed by atoms with Gasteiger partial charge in [-0.25, -0.2) is 0 Å². The Labute approximate surface area is 160 Å². The van der Waals surface area contributed by atoms with Crippen LogP contribution >= 0.6 is 0 Å². The zero-order chi connectivity index (χ0) is 18.6. The van der Waals surface area contributed by atoms with Crippen LogP contribution in [0.15, 0.2) is 66.7 Å². The molecule has 0 bridgehead atoms. The van der Waals surface area contributed by atoms with E-state index in [0.717, 1.165) is 48.5 Å². The first kappa shape index (κ1) is 17.6. The molecule has 0 N–H and O–H groups in total. The Morgan fingerprint density at radius 2 is 1.67 bits per heavy atom. The summed E-state index contributed by atoms with van der Waals surface area (Å²) >= 11 is 0. The smallest absolute Gasteiger partial charge is 0.258 e. The third-order valence-electron chi connectivity index (χ3n) is 5.11. The highest BCUT2D eigenvalue weighted by Gasteiger charge is 2.19. The van der Waals surface area contributed by atoms with Crippen molar-refractivity contribution in [3.05, 3.63) is 72.3 Å². The highest BCUT2D eigenvalue weighted by molar-refractivity contribution is 6.10. The molecule has 0 unspecified atom stereocenters. The van der Waals surface area contributed by atoms with E-state index in [-0.39, 0.29) is 5.91 Å². The van der Waals surface area contributed by atoms with Crippen LogP contribution in [0, 0.1) is 0 Å². The Kier molecular flexibility index (Phi) is 5.07. The fourth-order valence-corrected chi connectivity index (χ4v) is 3.66. The van der Waals surface area contributed by atoms with E-state index >= 15 is 0 Å². The highest BCUT2D eigenvalue weighted by atomic mass is 16.5. The summed E-state index contributed by atoms with van der Waals surface area (Å²) in [4.78, 5) is 17.3. The fourth-order valence-electron chi connectivity index (χ4n) is 3.66. The number of hydrogen-bond acceptors (Lipinski definition) is 3. The summed E-state index contributed by atoms with van der Waals surface area (Å²) in [6.45, 7) is 5.94. The predicted molar refractivity (Wildman–Crippen MR) is 111 cm³/mol. The van der Waals surface area contributed by atoms with E-state index < -0.39 is 0 Å². The van der Waals surface area contributed by atoms with Crippen molar-refractivity contribution in [1.82, 2.24) is 0 Å². The second-order valence-corrected chi connectivity index (χ2v) is 6.69. The van der Waals surface area contributed by atoms with Crippen molar-refractivity contribution in [2.24, 2.45) is 0 Å². The molecule has 3 aromatic rings. The molecule has 0 spiro atoms. The zero-order valence-electron chi connectivity index (χ0n) is 15.6. The van der Waals surface area contributed by atoms with Gasteiger partial charge in [0.15, 0.2) is 0 Å². The van der Waals surface area contributed by atoms with Gasteiger partial charge < -0.3 is 14.5 Å². The highest BCUT2D eigenvalue weighted by Crippen LogP contribution is 2.28. The lowest BCUT2D eigenvalue weighted by molar-refractivity contribution is 0.0988. The Balaban J connectivity index is 1.62. The molecular formula is C23H24N2O2. The predicted octanol–water partition coefficient (Wildman–Crippen LogP) is 4.34. The first-order valence-electron chi connectivity index (χ1n) is 9.50. The van der Waals surface area contributed by atoms with Crippen LogP contribution in [0.5, 0.6) is 0 Å². The second kappa shape index (κ2) is 7.80. The third kappa shape index (κ3) is 3.53. The van der Waals surface area contributed by atoms with Crippen molar-refractivity contribution >= 4 is 28.1 Å². The molecule has 4 rings (SSSR count). The van der Waals surface area contributed by atoms with Gasteiger partial charge in [0.05, 0.1) is 18.9 Å². The quantitative estimate of drug-likeness (QED) is 0.694. The van der Waals surface area contributed by atoms with Gasteiger partial charge in [0.25, 0.3) is 5.91 Å². The Bertz CT molecular complexity index is 925. The van der Waals surface area contributed by atoms with Crippen molar-refractivity contribution < 1.29 is 9.53 Å². The number of amides is 1. The Hall–Kier alpha value is -2.85. The van der Waals surface area contributed by atoms with Crippen LogP contribution in [0.4, 0.5) is 11.4 Å². The van der Waals surface area contributed by atoms with Gasteiger partial charge in [-0.15, -0.1) is 0 Å². The number of rotatable bonds is 4. The maximum absolute atomic E-state index is 13.2. The average molecular weight is 360 g/mol. The van der Waals surface area contributed by atoms with Gasteiger partial charge in [0.1, 0.15) is 0 Å². The number of nitrogens with zero attached hydrogens (tertiary/aromatic N) is 2. The minimum absolute atomic E-state index is 0.0300. The molecule has 138 valence electrons. The van der Waals surface area contributed by atoms with Gasteiger partial charge in [-0.1, -0.05) is 36.4 Å². The lowest BCUT2D eigenvalue weighted by Gasteiger charge is -2.29. The first-order valence-corrected chi connectivity index (χ1v) is 9.50. The molecule has 4 nitrogen and oxygen atoms in total. The van der Waals surface area contributed by atoms with Crippen molar-refractivity contribution in [2.75, 3.05) is 42.6 Å². The molecule has 3 aromatic carbocycles. The number of benzene rings is 3. The monoisotopic (exact) mass is 360 g/mol. The molecule has 1 aliphatic heterocycles. The van der Waals surface area contributed by atoms with Crippen LogP contribution in [0.1, 0.15) is 17.3 Å². The number of carbonyl (C=O) groups excluding carboxylic acids is 1. The Morgan fingerprint density at radius 1 is 0.963 bits per heavy atom. The van der Waals surface area contributed by atoms with E-state index in [4.69, 9.17) is 4.74 Å². The van der Waals surface area contributed by atoms with Crippen LogP contribution in [-0.4, -0.2) is 38.8 Å². The number of morpholine rings is 1. The molecule has 1 aliphatic rings. The molecule has 0 aromatic heterocycles. The number of ether oxygens (including phenoxy) is 1. The maximum Gasteiger partial charge on any atom is 0.258 e. The molecular weight excluding hydrogens is 336 g/mol. The first-order chi connectivity index (χ1) is 13.3. The van der Waals surface area contributed by atoms with Crippen LogP contribution in [0.2, 0.25) is 0 Å². The van der Waals surface area contributed by atoms with E-state index in [1.807, 2.05) is 60.4 Å². The second-order valence-electron chi connectivity index (χ2n) is 6.69. The van der Waals surface area contributed by atoms with Crippen molar-refractivity contribution in [3.63, 3.8) is 0 Å². The molecule has 1 saturated heterocycles. The summed E-state index contributed by atoms with van der Waals surface area (Å²) in [6.07, 6.45) is 0. The minimum atomic E-state index is 0.0300. The molecule has 0 aliphatic carbocycles. The van der Waals surface area contributed by atoms with Gasteiger partial charge in [-0.05, 0) is 42.6 Å². The normalized spacial score (nSPS) is 14.3. The van der Waals surface area contributed by atoms with E-state index in [1.165, 1.54) is 0 Å². The van der Waals surface area contributed by atoms with Crippen LogP contribution in [0.3, 0.4) is 0 Å². The average Bonchev–Trinajstić information content (AvgIpc) is 2.75. The van der Waals surface area contributed by atoms with Crippen molar-refractivity contribution in [3.8, 4) is 0 Å². The van der Waals surface area contributed by atoms with Gasteiger partial charge in [-0.2, -0.15) is 0 Å². The summed E-state index contributed by atoms with van der Waals surface area (Å²) < 4.78 is 5.41. The van der Waals surface area contributed by atoms with E-state index in [1.54, 1.807) is 0 Å². The van der Waals surface area contributed by atoms with Crippen molar-refractivity contribution in [1.29, 1.82) is 0 Å². The van der Waals surface area contributed by atoms with Crippen LogP contribution in [0.25, 0.3) is 10.8 Å². The standard InChI is InChI=1S/C23H24N2O2/c1-2-25(22-9-5-7-18-6-3-4-8-21(18)22)23(26)19-10-12-20(13-11-19)24-14-16-27-17-15-24/h3-13H,2,14-17H2,1H3. The summed E-state index contributed by atoms with van der Waals surface area (Å²) in [6, 6.07) is 22.2. The topological polar surface area (TPSA) is 32.8 Å². The van der Waals surface area contributed by atoms with Gasteiger partial charge in [0.2, 0.25) is 0 Å². The minimum Gasteiger partial charge on any atom is -0.378 e. The molecule has 1 heterocycles. The van der Waals surface area contributed by atoms with Crippen LogP contribution < -0.4 is 9.80 Å². The molecule has 0 radical (unpaired) electrons. The zero-order valence-corrected chi connectivity index (χ0v) is 15.6. The maximum atomic E-state index is 13.2. The number of carbonyl (C=O) groups is 1. The molecule has 1 amide bonds. The summed E-state index contributed by atoms with van der Waals surface area (Å²) in [5, 5.41) is 2.24. The summed E-state index contributed by atoms with van der Waals surface area (Å²) in [7, 11) is 0. The van der Waals surface area contributed by atoms with E-state index in [9.17, 15) is 4.79 Å². The number of anilines is 2. The summed E-state index contributed by atoms with van der Waals surface area (Å²) in [5.74, 6) is 0.0300. The number of hydrogen-bond donors (Lipinski definition) is 0. The largest absolute Gasteiger partial charge is 0.378 e. The van der Waals surface area contributed by atoms with Crippen molar-refractivity contribution in [2.45, 2.75) is 6.92 Å². The lowest BCUT2D eigenvalue weighted by atomic mass is 10.1. The van der Waals surface area contributed by atoms with Crippen LogP contribution in [-0.2, 0) is 4.74 Å². The van der Waals surface area contributed by atoms with Gasteiger partial charge in [-0.3, -0.25) is 4.79 Å². The molecule has 0 atom stereocenters. The molecule has 0 saturated carbocycles. The molecule has 1 fully saturated rings.